The second-order valence-corrected chi connectivity index (χ2v) is 5.43. The molecule has 3 rings (SSSR count). The predicted molar refractivity (Wildman–Crippen MR) is 76.7 cm³/mol. The maximum absolute atomic E-state index is 11.5. The number of aryl methyl sites for hydroxylation is 1. The van der Waals surface area contributed by atoms with Crippen LogP contribution in [0.5, 0.6) is 5.75 Å². The van der Waals surface area contributed by atoms with E-state index in [2.05, 4.69) is 9.72 Å². The molecule has 102 valence electrons. The van der Waals surface area contributed by atoms with Gasteiger partial charge in [-0.2, -0.15) is 0 Å². The third-order valence-electron chi connectivity index (χ3n) is 3.01. The van der Waals surface area contributed by atoms with Gasteiger partial charge >= 0.3 is 5.97 Å². The van der Waals surface area contributed by atoms with Gasteiger partial charge in [-0.15, -0.1) is 11.3 Å². The topological polar surface area (TPSA) is 64.4 Å². The van der Waals surface area contributed by atoms with Crippen LogP contribution in [0, 0.1) is 6.92 Å². The van der Waals surface area contributed by atoms with Gasteiger partial charge in [0.15, 0.2) is 4.88 Å². The lowest BCUT2D eigenvalue weighted by Crippen LogP contribution is -1.97. The van der Waals surface area contributed by atoms with Gasteiger partial charge in [-0.25, -0.2) is 9.78 Å². The average Bonchev–Trinajstić information content (AvgIpc) is 3.01. The fourth-order valence-electron chi connectivity index (χ4n) is 2.02. The number of carbonyl (C=O) groups excluding carboxylic acids is 1. The maximum atomic E-state index is 11.5. The van der Waals surface area contributed by atoms with E-state index in [-0.39, 0.29) is 10.6 Å². The molecule has 0 atom stereocenters. The fraction of sp³-hybridized carbons (Fsp3) is 0.143. The summed E-state index contributed by atoms with van der Waals surface area (Å²) in [6, 6.07) is 7.48. The number of ether oxygens (including phenoxy) is 1. The number of hydrogen-bond acceptors (Lipinski definition) is 5. The van der Waals surface area contributed by atoms with Crippen molar-refractivity contribution in [2.45, 2.75) is 6.92 Å². The van der Waals surface area contributed by atoms with Gasteiger partial charge < -0.3 is 9.84 Å². The zero-order valence-electron chi connectivity index (χ0n) is 11.0. The van der Waals surface area contributed by atoms with Crippen LogP contribution in [0.1, 0.15) is 15.2 Å². The van der Waals surface area contributed by atoms with Crippen LogP contribution in [0.15, 0.2) is 30.6 Å². The molecule has 0 fully saturated rings. The molecule has 1 aromatic carbocycles. The lowest BCUT2D eigenvalue weighted by Gasteiger charge is -2.00. The van der Waals surface area contributed by atoms with E-state index in [0.717, 1.165) is 21.6 Å². The van der Waals surface area contributed by atoms with Gasteiger partial charge in [0.05, 0.1) is 18.1 Å². The molecular weight excluding hydrogens is 276 g/mol. The van der Waals surface area contributed by atoms with Crippen molar-refractivity contribution >= 4 is 28.3 Å². The Bertz CT molecular complexity index is 804. The molecule has 0 radical (unpaired) electrons. The number of benzene rings is 1. The zero-order valence-corrected chi connectivity index (χ0v) is 11.8. The van der Waals surface area contributed by atoms with Crippen molar-refractivity contribution in [3.8, 4) is 10.8 Å². The Morgan fingerprint density at radius 2 is 2.20 bits per heavy atom. The van der Waals surface area contributed by atoms with E-state index < -0.39 is 5.97 Å². The van der Waals surface area contributed by atoms with Crippen LogP contribution in [0.4, 0.5) is 0 Å². The minimum atomic E-state index is -0.542. The molecule has 0 aliphatic carbocycles. The molecule has 0 unspecified atom stereocenters. The number of fused-ring (bicyclic) bond motifs is 1. The number of nitrogens with zero attached hydrogens (tertiary/aromatic N) is 2. The first-order valence-electron chi connectivity index (χ1n) is 5.95. The van der Waals surface area contributed by atoms with Crippen LogP contribution >= 0.6 is 11.3 Å². The number of rotatable bonds is 2. The Morgan fingerprint density at radius 1 is 1.40 bits per heavy atom. The minimum absolute atomic E-state index is 0.0775. The first-order chi connectivity index (χ1) is 9.60. The summed E-state index contributed by atoms with van der Waals surface area (Å²) in [6.45, 7) is 2.00. The van der Waals surface area contributed by atoms with E-state index >= 15 is 0 Å². The number of aromatic hydroxyl groups is 1. The maximum Gasteiger partial charge on any atom is 0.351 e. The summed E-state index contributed by atoms with van der Waals surface area (Å²) < 4.78 is 6.49. The second-order valence-electron chi connectivity index (χ2n) is 4.40. The monoisotopic (exact) mass is 288 g/mol. The van der Waals surface area contributed by atoms with E-state index in [4.69, 9.17) is 0 Å². The van der Waals surface area contributed by atoms with Crippen molar-refractivity contribution in [2.24, 2.45) is 0 Å². The lowest BCUT2D eigenvalue weighted by atomic mass is 10.2. The van der Waals surface area contributed by atoms with Crippen molar-refractivity contribution in [2.75, 3.05) is 7.11 Å². The van der Waals surface area contributed by atoms with Crippen molar-refractivity contribution in [3.63, 3.8) is 0 Å². The molecule has 0 aliphatic rings. The second kappa shape index (κ2) is 4.64. The molecule has 1 N–H and O–H groups in total. The van der Waals surface area contributed by atoms with Gasteiger partial charge in [-0.05, 0) is 24.6 Å². The Morgan fingerprint density at radius 3 is 2.95 bits per heavy atom. The van der Waals surface area contributed by atoms with Gasteiger partial charge in [0.2, 0.25) is 0 Å². The van der Waals surface area contributed by atoms with Crippen molar-refractivity contribution in [3.05, 3.63) is 41.0 Å². The van der Waals surface area contributed by atoms with E-state index in [1.165, 1.54) is 18.4 Å². The highest BCUT2D eigenvalue weighted by molar-refractivity contribution is 7.16. The van der Waals surface area contributed by atoms with E-state index in [0.29, 0.717) is 0 Å². The summed E-state index contributed by atoms with van der Waals surface area (Å²) in [5.74, 6) is -0.620. The highest BCUT2D eigenvalue weighted by Gasteiger charge is 2.18. The number of thiophene rings is 1. The van der Waals surface area contributed by atoms with Crippen molar-refractivity contribution in [1.29, 1.82) is 0 Å². The first kappa shape index (κ1) is 12.7. The van der Waals surface area contributed by atoms with Gasteiger partial charge in [0, 0.05) is 6.07 Å². The number of carbonyl (C=O) groups is 1. The van der Waals surface area contributed by atoms with Gasteiger partial charge in [-0.1, -0.05) is 6.07 Å². The molecule has 20 heavy (non-hydrogen) atoms. The molecule has 0 bridgehead atoms. The fourth-order valence-corrected chi connectivity index (χ4v) is 2.97. The molecule has 2 heterocycles. The normalized spacial score (nSPS) is 10.9. The summed E-state index contributed by atoms with van der Waals surface area (Å²) >= 11 is 1.17. The quantitative estimate of drug-likeness (QED) is 0.736. The van der Waals surface area contributed by atoms with Crippen LogP contribution in [0.3, 0.4) is 0 Å². The minimum Gasteiger partial charge on any atom is -0.506 e. The molecular formula is C14H12N2O3S. The highest BCUT2D eigenvalue weighted by Crippen LogP contribution is 2.33. The summed E-state index contributed by atoms with van der Waals surface area (Å²) in [5.41, 5.74) is 2.92. The molecule has 0 saturated heterocycles. The largest absolute Gasteiger partial charge is 0.506 e. The summed E-state index contributed by atoms with van der Waals surface area (Å²) in [5, 5.41) is 10.6. The van der Waals surface area contributed by atoms with E-state index in [1.54, 1.807) is 12.4 Å². The molecule has 2 aromatic heterocycles. The lowest BCUT2D eigenvalue weighted by molar-refractivity contribution is 0.0603. The number of imidazole rings is 1. The summed E-state index contributed by atoms with van der Waals surface area (Å²) in [7, 11) is 1.29. The first-order valence-corrected chi connectivity index (χ1v) is 6.77. The number of hydrogen-bond donors (Lipinski definition) is 1. The third-order valence-corrected chi connectivity index (χ3v) is 4.11. The predicted octanol–water partition coefficient (Wildman–Crippen LogP) is 2.89. The Balaban J connectivity index is 2.16. The highest BCUT2D eigenvalue weighted by atomic mass is 32.1. The van der Waals surface area contributed by atoms with E-state index in [9.17, 15) is 9.90 Å². The Labute approximate surface area is 119 Å². The Hall–Kier alpha value is -2.34. The number of aromatic nitrogens is 2. The van der Waals surface area contributed by atoms with Gasteiger partial charge in [0.1, 0.15) is 17.1 Å². The van der Waals surface area contributed by atoms with Crippen LogP contribution in [-0.2, 0) is 4.74 Å². The number of methoxy groups -OCH3 is 1. The van der Waals surface area contributed by atoms with Crippen LogP contribution in [-0.4, -0.2) is 27.7 Å². The summed E-state index contributed by atoms with van der Waals surface area (Å²) in [6.07, 6.45) is 1.68. The van der Waals surface area contributed by atoms with Crippen molar-refractivity contribution in [1.82, 2.24) is 9.55 Å². The average molecular weight is 288 g/mol. The molecule has 5 nitrogen and oxygen atoms in total. The zero-order chi connectivity index (χ0) is 14.3. The molecule has 0 spiro atoms. The van der Waals surface area contributed by atoms with Gasteiger partial charge in [0.25, 0.3) is 0 Å². The molecule has 0 amide bonds. The number of esters is 1. The summed E-state index contributed by atoms with van der Waals surface area (Å²) in [4.78, 5) is 16.0. The standard InChI is InChI=1S/C14H12N2O3S/c1-8-3-4-9-10(5-8)16(7-15-9)12-6-11(17)13(20-12)14(18)19-2/h3-7,17H,1-2H3. The van der Waals surface area contributed by atoms with Gasteiger partial charge in [-0.3, -0.25) is 4.57 Å². The molecule has 3 aromatic rings. The van der Waals surface area contributed by atoms with Crippen molar-refractivity contribution < 1.29 is 14.6 Å². The van der Waals surface area contributed by atoms with Crippen LogP contribution in [0.2, 0.25) is 0 Å². The molecule has 0 aliphatic heterocycles. The van der Waals surface area contributed by atoms with Crippen LogP contribution in [0.25, 0.3) is 16.0 Å². The third kappa shape index (κ3) is 1.94. The molecule has 0 saturated carbocycles. The smallest absolute Gasteiger partial charge is 0.351 e. The SMILES string of the molecule is COC(=O)c1sc(-n2cnc3ccc(C)cc32)cc1O. The van der Waals surface area contributed by atoms with Crippen LogP contribution < -0.4 is 0 Å². The Kier molecular flexibility index (Phi) is 2.94. The molecule has 6 heteroatoms. The van der Waals surface area contributed by atoms with E-state index in [1.807, 2.05) is 29.7 Å².